The second-order valence-electron chi connectivity index (χ2n) is 15.0. The molecule has 0 aliphatic heterocycles. The van der Waals surface area contributed by atoms with E-state index in [0.717, 1.165) is 24.3 Å². The maximum absolute atomic E-state index is 12.9. The molecule has 8 aromatic rings. The minimum atomic E-state index is -4.62. The van der Waals surface area contributed by atoms with Crippen molar-refractivity contribution in [3.63, 3.8) is 0 Å². The number of rotatable bonds is 14. The molecule has 0 saturated carbocycles. The Hall–Kier alpha value is -8.41. The van der Waals surface area contributed by atoms with Crippen molar-refractivity contribution in [2.24, 2.45) is 40.9 Å². The van der Waals surface area contributed by atoms with Crippen LogP contribution in [0.5, 0.6) is 0 Å². The summed E-state index contributed by atoms with van der Waals surface area (Å²) in [6.07, 6.45) is 0. The number of benzene rings is 8. The van der Waals surface area contributed by atoms with Gasteiger partial charge in [0.15, 0.2) is 0 Å². The lowest BCUT2D eigenvalue weighted by Crippen LogP contribution is -2.19. The van der Waals surface area contributed by atoms with E-state index in [9.17, 15) is 56.7 Å². The molecule has 0 aliphatic rings. The second kappa shape index (κ2) is 20.1. The average Bonchev–Trinajstić information content (AvgIpc) is 3.33. The molecule has 2 amide bonds. The molecule has 8 aromatic carbocycles. The molecule has 0 fully saturated rings. The molecule has 0 aliphatic carbocycles. The molecule has 0 unspecified atom stereocenters. The normalized spacial score (nSPS) is 12.7. The largest absolute Gasteiger partial charge is 0.323 e. The molecule has 0 saturated heterocycles. The van der Waals surface area contributed by atoms with Gasteiger partial charge in [0.05, 0.1) is 65.1 Å². The minimum absolute atomic E-state index is 0.201. The second-order valence-corrected chi connectivity index (χ2v) is 20.7. The van der Waals surface area contributed by atoms with Crippen LogP contribution in [-0.2, 0) is 40.5 Å². The van der Waals surface area contributed by atoms with Crippen molar-refractivity contribution >= 4 is 125 Å². The quantitative estimate of drug-likeness (QED) is 0.0436. The van der Waals surface area contributed by atoms with Gasteiger partial charge in [-0.25, -0.2) is 4.79 Å². The molecular weight excluding hydrogens is 1020 g/mol. The van der Waals surface area contributed by atoms with E-state index in [1.54, 1.807) is 60.7 Å². The van der Waals surface area contributed by atoms with E-state index in [1.807, 2.05) is 0 Å². The Labute approximate surface area is 408 Å². The molecule has 0 heterocycles. The fraction of sp³-hybridized carbons (Fsp3) is 0. The number of hydrogen-bond acceptors (Lipinski definition) is 17. The Balaban J connectivity index is 0.926. The third kappa shape index (κ3) is 12.3. The van der Waals surface area contributed by atoms with E-state index in [1.165, 1.54) is 72.8 Å². The summed E-state index contributed by atoms with van der Waals surface area (Å²) in [4.78, 5) is 11.4. The minimum Gasteiger partial charge on any atom is -0.308 e. The Morgan fingerprint density at radius 2 is 0.556 bits per heavy atom. The number of hydrogen-bond donors (Lipinski definition) is 6. The lowest BCUT2D eigenvalue weighted by atomic mass is 10.1. The van der Waals surface area contributed by atoms with Crippen LogP contribution in [0.25, 0.3) is 21.5 Å². The number of azo groups is 4. The average molecular weight is 1050 g/mol. The maximum atomic E-state index is 12.9. The van der Waals surface area contributed by atoms with Crippen LogP contribution in [0, 0.1) is 0 Å². The zero-order chi connectivity index (χ0) is 51.4. The fourth-order valence-electron chi connectivity index (χ4n) is 6.59. The Kier molecular flexibility index (Phi) is 14.0. The summed E-state index contributed by atoms with van der Waals surface area (Å²) in [7, 11) is -18.1. The lowest BCUT2D eigenvalue weighted by molar-refractivity contribution is 0.262. The van der Waals surface area contributed by atoms with Crippen molar-refractivity contribution in [1.29, 1.82) is 0 Å². The van der Waals surface area contributed by atoms with Gasteiger partial charge in [-0.3, -0.25) is 18.2 Å². The van der Waals surface area contributed by atoms with Crippen molar-refractivity contribution in [3.8, 4) is 0 Å². The van der Waals surface area contributed by atoms with Gasteiger partial charge in [-0.15, -0.1) is 20.5 Å². The van der Waals surface area contributed by atoms with Gasteiger partial charge in [0.2, 0.25) is 0 Å². The summed E-state index contributed by atoms with van der Waals surface area (Å²) < 4.78 is 131. The zero-order valence-corrected chi connectivity index (χ0v) is 39.5. The van der Waals surface area contributed by atoms with Crippen LogP contribution in [0.1, 0.15) is 0 Å². The third-order valence-electron chi connectivity index (χ3n) is 10.1. The molecule has 72 heavy (non-hydrogen) atoms. The number of anilines is 2. The maximum Gasteiger partial charge on any atom is 0.323 e. The van der Waals surface area contributed by atoms with Gasteiger partial charge in [0.1, 0.15) is 0 Å². The summed E-state index contributed by atoms with van der Waals surface area (Å²) in [6.45, 7) is 0. The smallest absolute Gasteiger partial charge is 0.308 e. The van der Waals surface area contributed by atoms with Crippen molar-refractivity contribution in [1.82, 2.24) is 0 Å². The van der Waals surface area contributed by atoms with Crippen molar-refractivity contribution < 1.29 is 56.7 Å². The molecule has 364 valence electrons. The summed E-state index contributed by atoms with van der Waals surface area (Å²) in [5, 5.41) is 40.3. The molecular formula is C45H32N10O13S4. The molecule has 0 spiro atoms. The molecule has 8 rings (SSSR count). The molecule has 0 bridgehead atoms. The predicted octanol–water partition coefficient (Wildman–Crippen LogP) is 12.3. The SMILES string of the molecule is O=C(Nc1ccc(/N=N\c2ccc(/N=N\c3ccc(S(=O)(=O)O)cc3)c3ccc(S(=O)(=O)O)cc23)cc1)Nc1ccc(/N=N\c2ccc(/N=N\c3ccc(S(=O)(=O)O)cc3)c3ccc(S(=O)(=O)O)cc23)cc1. The summed E-state index contributed by atoms with van der Waals surface area (Å²) in [5.41, 5.74) is 2.90. The van der Waals surface area contributed by atoms with Gasteiger partial charge >= 0.3 is 6.03 Å². The summed E-state index contributed by atoms with van der Waals surface area (Å²) in [6, 6.07) is 35.4. The highest BCUT2D eigenvalue weighted by Crippen LogP contribution is 2.39. The van der Waals surface area contributed by atoms with E-state index in [0.29, 0.717) is 33.5 Å². The topological polar surface area (TPSA) is 357 Å². The van der Waals surface area contributed by atoms with Gasteiger partial charge in [0, 0.05) is 32.9 Å². The van der Waals surface area contributed by atoms with E-state index >= 15 is 0 Å². The molecule has 0 radical (unpaired) electrons. The highest BCUT2D eigenvalue weighted by atomic mass is 32.2. The van der Waals surface area contributed by atoms with E-state index in [-0.39, 0.29) is 54.7 Å². The van der Waals surface area contributed by atoms with Crippen LogP contribution in [0.2, 0.25) is 0 Å². The van der Waals surface area contributed by atoms with E-state index < -0.39 is 56.3 Å². The number of nitrogens with one attached hydrogen (secondary N) is 2. The van der Waals surface area contributed by atoms with Gasteiger partial charge in [-0.1, -0.05) is 12.1 Å². The van der Waals surface area contributed by atoms with Crippen LogP contribution in [0.4, 0.5) is 61.7 Å². The first kappa shape index (κ1) is 50.0. The van der Waals surface area contributed by atoms with Gasteiger partial charge in [-0.2, -0.15) is 54.1 Å². The standard InChI is InChI=1S/C45H32N10O13S4/c56-45(46-27-1-5-29(6-2-27)48-54-43-23-21-41(37-19-17-35(25-39(37)43)71(63,64)65)52-50-31-9-13-33(14-10-31)69(57,58)59)47-28-3-7-30(8-4-28)49-55-44-24-22-42(38-20-18-36(26-40(38)44)72(66,67)68)53-51-32-11-15-34(16-12-32)70(60,61)62/h1-26H,(H2,46,47,56)(H,57,58,59)(H,60,61,62)(H,63,64,65)(H,66,67,68)/b52-50-,53-51-,54-48-,55-49-. The van der Waals surface area contributed by atoms with Crippen LogP contribution < -0.4 is 10.6 Å². The molecule has 23 nitrogen and oxygen atoms in total. The first-order valence-corrected chi connectivity index (χ1v) is 26.0. The monoisotopic (exact) mass is 1050 g/mol. The summed E-state index contributed by atoms with van der Waals surface area (Å²) >= 11 is 0. The van der Waals surface area contributed by atoms with Crippen molar-refractivity contribution in [3.05, 3.63) is 158 Å². The number of carbonyl (C=O) groups is 1. The Morgan fingerprint density at radius 1 is 0.306 bits per heavy atom. The zero-order valence-electron chi connectivity index (χ0n) is 36.2. The van der Waals surface area contributed by atoms with Gasteiger partial charge < -0.3 is 10.6 Å². The van der Waals surface area contributed by atoms with Crippen LogP contribution in [0.15, 0.2) is 218 Å². The number of nitrogens with zero attached hydrogens (tertiary/aromatic N) is 8. The van der Waals surface area contributed by atoms with Crippen molar-refractivity contribution in [2.75, 3.05) is 10.6 Å². The Bertz CT molecular complexity index is 3770. The molecule has 27 heteroatoms. The van der Waals surface area contributed by atoms with Crippen LogP contribution in [0.3, 0.4) is 0 Å². The molecule has 6 N–H and O–H groups in total. The number of amides is 2. The van der Waals surface area contributed by atoms with E-state index in [4.69, 9.17) is 0 Å². The first-order valence-electron chi connectivity index (χ1n) is 20.3. The number of urea groups is 1. The van der Waals surface area contributed by atoms with Gasteiger partial charge in [0.25, 0.3) is 40.5 Å². The highest BCUT2D eigenvalue weighted by molar-refractivity contribution is 7.86. The lowest BCUT2D eigenvalue weighted by Gasteiger charge is -2.08. The van der Waals surface area contributed by atoms with Gasteiger partial charge in [-0.05, 0) is 146 Å². The Morgan fingerprint density at radius 3 is 0.833 bits per heavy atom. The highest BCUT2D eigenvalue weighted by Gasteiger charge is 2.17. The summed E-state index contributed by atoms with van der Waals surface area (Å²) in [5.74, 6) is 0. The fourth-order valence-corrected chi connectivity index (χ4v) is 8.57. The number of fused-ring (bicyclic) bond motifs is 2. The van der Waals surface area contributed by atoms with Crippen LogP contribution in [-0.4, -0.2) is 57.9 Å². The third-order valence-corrected chi connectivity index (χ3v) is 13.5. The molecule has 0 atom stereocenters. The molecule has 0 aromatic heterocycles. The van der Waals surface area contributed by atoms with Crippen molar-refractivity contribution in [2.45, 2.75) is 19.6 Å². The number of carbonyl (C=O) groups excluding carboxylic acids is 1. The van der Waals surface area contributed by atoms with E-state index in [2.05, 4.69) is 51.5 Å². The van der Waals surface area contributed by atoms with Crippen LogP contribution >= 0.6 is 0 Å². The first-order chi connectivity index (χ1) is 34.1. The predicted molar refractivity (Wildman–Crippen MR) is 262 cm³/mol.